The summed E-state index contributed by atoms with van der Waals surface area (Å²) < 4.78 is 72.5. The van der Waals surface area contributed by atoms with Gasteiger partial charge in [-0.1, -0.05) is 12.1 Å². The van der Waals surface area contributed by atoms with E-state index in [0.29, 0.717) is 24.8 Å². The van der Waals surface area contributed by atoms with Gasteiger partial charge in [-0.25, -0.2) is 18.4 Å². The van der Waals surface area contributed by atoms with Crippen molar-refractivity contribution in [2.75, 3.05) is 6.54 Å². The van der Waals surface area contributed by atoms with Crippen LogP contribution >= 0.6 is 0 Å². The molecule has 0 atom stereocenters. The smallest absolute Gasteiger partial charge is 0.446 e. The lowest BCUT2D eigenvalue weighted by molar-refractivity contribution is -0.274. The molecule has 4 aliphatic carbocycles. The molecule has 0 spiro atoms. The molecule has 4 fully saturated rings. The highest BCUT2D eigenvalue weighted by atomic mass is 19.4. The quantitative estimate of drug-likeness (QED) is 0.468. The van der Waals surface area contributed by atoms with Crippen LogP contribution in [-0.4, -0.2) is 58.9 Å². The van der Waals surface area contributed by atoms with Crippen molar-refractivity contribution in [1.29, 1.82) is 0 Å². The van der Waals surface area contributed by atoms with Crippen LogP contribution < -0.4 is 21.1 Å². The van der Waals surface area contributed by atoms with Crippen molar-refractivity contribution in [3.05, 3.63) is 29.8 Å². The van der Waals surface area contributed by atoms with Crippen LogP contribution in [0, 0.1) is 0 Å². The van der Waals surface area contributed by atoms with E-state index in [4.69, 9.17) is 10.5 Å². The first-order valence-corrected chi connectivity index (χ1v) is 10.7. The van der Waals surface area contributed by atoms with Gasteiger partial charge in [-0.05, 0) is 37.0 Å². The van der Waals surface area contributed by atoms with Gasteiger partial charge in [-0.15, -0.1) is 13.2 Å². The molecule has 0 aromatic heterocycles. The van der Waals surface area contributed by atoms with Crippen LogP contribution in [0.4, 0.5) is 31.5 Å². The van der Waals surface area contributed by atoms with E-state index in [1.54, 1.807) is 0 Å². The van der Waals surface area contributed by atoms with Crippen LogP contribution in [-0.2, 0) is 16.1 Å². The number of halogens is 5. The molecule has 9 nitrogen and oxygen atoms in total. The summed E-state index contributed by atoms with van der Waals surface area (Å²) in [5.74, 6) is -3.79. The lowest BCUT2D eigenvalue weighted by Gasteiger charge is -2.73. The van der Waals surface area contributed by atoms with Gasteiger partial charge >= 0.3 is 18.5 Å². The van der Waals surface area contributed by atoms with Gasteiger partial charge in [0, 0.05) is 19.4 Å². The Balaban J connectivity index is 1.39. The van der Waals surface area contributed by atoms with Gasteiger partial charge < -0.3 is 30.7 Å². The Bertz CT molecular complexity index is 1010. The van der Waals surface area contributed by atoms with E-state index in [1.165, 1.54) is 17.0 Å². The maximum atomic E-state index is 12.9. The van der Waals surface area contributed by atoms with Crippen LogP contribution in [0.5, 0.6) is 5.75 Å². The molecule has 4 amide bonds. The zero-order chi connectivity index (χ0) is 25.6. The first kappa shape index (κ1) is 24.8. The topological polar surface area (TPSA) is 123 Å². The minimum Gasteiger partial charge on any atom is -0.446 e. The van der Waals surface area contributed by atoms with Crippen molar-refractivity contribution in [1.82, 2.24) is 15.5 Å². The Kier molecular flexibility index (Phi) is 5.96. The number of nitrogens with zero attached hydrogens (tertiary/aromatic N) is 1. The summed E-state index contributed by atoms with van der Waals surface area (Å²) >= 11 is 0. The highest BCUT2D eigenvalue weighted by Crippen LogP contribution is 2.64. The highest BCUT2D eigenvalue weighted by Gasteiger charge is 2.72. The number of hydrogen-bond acceptors (Lipinski definition) is 5. The summed E-state index contributed by atoms with van der Waals surface area (Å²) in [6.07, 6.45) is -6.60. The standard InChI is InChI=1S/C21H23F5N4O5/c22-20(23)5-14(6-20)34-17(33)29-18-9-19(10-18,11-18)30(15(31)7-28-16(27)32)8-12-2-1-3-13(4-12)35-21(24,25)26/h1-4,14H,5-11H2,(H,29,33)(H3,27,28,32). The maximum absolute atomic E-state index is 12.9. The molecular weight excluding hydrogens is 483 g/mol. The number of alkyl carbamates (subject to hydrolysis) is 1. The monoisotopic (exact) mass is 506 g/mol. The zero-order valence-corrected chi connectivity index (χ0v) is 18.3. The van der Waals surface area contributed by atoms with Gasteiger partial charge in [0.1, 0.15) is 11.9 Å². The summed E-state index contributed by atoms with van der Waals surface area (Å²) in [5, 5.41) is 4.87. The Morgan fingerprint density at radius 3 is 2.37 bits per heavy atom. The van der Waals surface area contributed by atoms with Crippen molar-refractivity contribution in [3.63, 3.8) is 0 Å². The van der Waals surface area contributed by atoms with Crippen LogP contribution in [0.15, 0.2) is 24.3 Å². The van der Waals surface area contributed by atoms with Gasteiger partial charge in [0.25, 0.3) is 5.92 Å². The average Bonchev–Trinajstić information content (AvgIpc) is 2.63. The molecule has 5 rings (SSSR count). The molecule has 0 aliphatic heterocycles. The molecule has 1 aromatic carbocycles. The number of primary amides is 1. The van der Waals surface area contributed by atoms with Crippen molar-refractivity contribution in [3.8, 4) is 5.75 Å². The first-order valence-electron chi connectivity index (χ1n) is 10.7. The van der Waals surface area contributed by atoms with Crippen LogP contribution in [0.25, 0.3) is 0 Å². The van der Waals surface area contributed by atoms with Crippen LogP contribution in [0.2, 0.25) is 0 Å². The summed E-state index contributed by atoms with van der Waals surface area (Å²) in [5.41, 5.74) is 4.02. The van der Waals surface area contributed by atoms with Gasteiger partial charge in [-0.3, -0.25) is 4.79 Å². The third-order valence-electron chi connectivity index (χ3n) is 6.46. The molecule has 2 bridgehead atoms. The predicted molar refractivity (Wildman–Crippen MR) is 108 cm³/mol. The molecule has 35 heavy (non-hydrogen) atoms. The molecule has 0 saturated heterocycles. The van der Waals surface area contributed by atoms with E-state index in [1.807, 2.05) is 0 Å². The van der Waals surface area contributed by atoms with Gasteiger partial charge in [0.05, 0.1) is 17.6 Å². The minimum atomic E-state index is -4.88. The molecule has 14 heteroatoms. The zero-order valence-electron chi connectivity index (χ0n) is 18.3. The summed E-state index contributed by atoms with van der Waals surface area (Å²) in [6, 6.07) is 4.24. The minimum absolute atomic E-state index is 0.0774. The van der Waals surface area contributed by atoms with Crippen molar-refractivity contribution in [2.45, 2.75) is 68.1 Å². The molecule has 0 heterocycles. The lowest BCUT2D eigenvalue weighted by atomic mass is 9.43. The number of hydrogen-bond donors (Lipinski definition) is 3. The molecule has 192 valence electrons. The lowest BCUT2D eigenvalue weighted by Crippen LogP contribution is -2.84. The Hall–Kier alpha value is -3.32. The largest absolute Gasteiger partial charge is 0.573 e. The number of alkyl halides is 5. The van der Waals surface area contributed by atoms with E-state index in [9.17, 15) is 36.3 Å². The van der Waals surface area contributed by atoms with Crippen LogP contribution in [0.1, 0.15) is 37.7 Å². The van der Waals surface area contributed by atoms with E-state index in [-0.39, 0.29) is 6.54 Å². The van der Waals surface area contributed by atoms with Crippen molar-refractivity contribution < 1.29 is 45.8 Å². The number of ether oxygens (including phenoxy) is 2. The Morgan fingerprint density at radius 2 is 1.80 bits per heavy atom. The Labute approximate surface area is 196 Å². The summed E-state index contributed by atoms with van der Waals surface area (Å²) in [6.45, 7) is -0.500. The van der Waals surface area contributed by atoms with E-state index in [0.717, 1.165) is 12.1 Å². The molecular formula is C21H23F5N4O5. The maximum Gasteiger partial charge on any atom is 0.573 e. The van der Waals surface area contributed by atoms with Gasteiger partial charge in [0.15, 0.2) is 0 Å². The van der Waals surface area contributed by atoms with E-state index >= 15 is 0 Å². The fourth-order valence-electron chi connectivity index (χ4n) is 5.04. The van der Waals surface area contributed by atoms with E-state index in [2.05, 4.69) is 15.4 Å². The third-order valence-corrected chi connectivity index (χ3v) is 6.46. The van der Waals surface area contributed by atoms with E-state index < -0.39 is 72.6 Å². The SMILES string of the molecule is NC(=O)NCC(=O)N(Cc1cccc(OC(F)(F)F)c1)C12CC(NC(=O)OC3CC(F)(F)C3)(C1)C2. The second kappa shape index (κ2) is 8.41. The molecule has 0 radical (unpaired) electrons. The normalized spacial score (nSPS) is 26.3. The number of benzene rings is 1. The third kappa shape index (κ3) is 5.51. The summed E-state index contributed by atoms with van der Waals surface area (Å²) in [7, 11) is 0. The van der Waals surface area contributed by atoms with Crippen molar-refractivity contribution >= 4 is 18.0 Å². The highest BCUT2D eigenvalue weighted by molar-refractivity contribution is 5.84. The predicted octanol–water partition coefficient (Wildman–Crippen LogP) is 2.78. The molecule has 4 N–H and O–H groups in total. The average molecular weight is 506 g/mol. The number of urea groups is 1. The van der Waals surface area contributed by atoms with Gasteiger partial charge in [-0.2, -0.15) is 0 Å². The molecule has 0 unspecified atom stereocenters. The van der Waals surface area contributed by atoms with Crippen LogP contribution in [0.3, 0.4) is 0 Å². The second-order valence-electron chi connectivity index (χ2n) is 9.34. The number of rotatable bonds is 8. The first-order chi connectivity index (χ1) is 16.2. The number of carbonyl (C=O) groups excluding carboxylic acids is 3. The second-order valence-corrected chi connectivity index (χ2v) is 9.34. The van der Waals surface area contributed by atoms with Crippen molar-refractivity contribution in [2.24, 2.45) is 5.73 Å². The molecule has 4 aliphatic rings. The number of carbonyl (C=O) groups is 3. The number of nitrogens with two attached hydrogens (primary N) is 1. The number of amides is 4. The summed E-state index contributed by atoms with van der Waals surface area (Å²) in [4.78, 5) is 37.4. The van der Waals surface area contributed by atoms with Gasteiger partial charge in [0.2, 0.25) is 5.91 Å². The fraction of sp³-hybridized carbons (Fsp3) is 0.571. The Morgan fingerprint density at radius 1 is 1.14 bits per heavy atom. The molecule has 4 saturated carbocycles. The number of nitrogens with one attached hydrogen (secondary N) is 2. The fourth-order valence-corrected chi connectivity index (χ4v) is 5.04. The molecule has 1 aromatic rings.